The Morgan fingerprint density at radius 3 is 2.25 bits per heavy atom. The largest absolute Gasteiger partial charge is 0.396 e. The molecule has 1 aliphatic rings. The summed E-state index contributed by atoms with van der Waals surface area (Å²) in [7, 11) is 0. The Labute approximate surface area is 98.3 Å². The minimum atomic E-state index is 0.365. The van der Waals surface area contributed by atoms with Crippen molar-refractivity contribution in [2.45, 2.75) is 46.1 Å². The molecule has 2 unspecified atom stereocenters. The normalized spacial score (nSPS) is 25.9. The molecule has 1 heterocycles. The highest BCUT2D eigenvalue weighted by Gasteiger charge is 2.25. The van der Waals surface area contributed by atoms with E-state index in [0.29, 0.717) is 18.4 Å². The molecule has 0 spiro atoms. The molecular formula is C14H23NO. The molecule has 0 aliphatic heterocycles. The first kappa shape index (κ1) is 11.7. The lowest BCUT2D eigenvalue weighted by Crippen LogP contribution is -2.27. The van der Waals surface area contributed by atoms with Gasteiger partial charge in [0, 0.05) is 24.5 Å². The Kier molecular flexibility index (Phi) is 3.70. The van der Waals surface area contributed by atoms with Crippen LogP contribution >= 0.6 is 0 Å². The van der Waals surface area contributed by atoms with Crippen molar-refractivity contribution in [3.63, 3.8) is 0 Å². The topological polar surface area (TPSA) is 25.2 Å². The van der Waals surface area contributed by atoms with Gasteiger partial charge in [-0.3, -0.25) is 0 Å². The van der Waals surface area contributed by atoms with Gasteiger partial charge in [0.15, 0.2) is 0 Å². The second kappa shape index (κ2) is 5.05. The van der Waals surface area contributed by atoms with E-state index >= 15 is 0 Å². The Morgan fingerprint density at radius 1 is 1.12 bits per heavy atom. The van der Waals surface area contributed by atoms with E-state index in [-0.39, 0.29) is 0 Å². The van der Waals surface area contributed by atoms with Crippen molar-refractivity contribution >= 4 is 0 Å². The molecule has 0 bridgehead atoms. The van der Waals surface area contributed by atoms with Crippen LogP contribution in [0.15, 0.2) is 12.1 Å². The van der Waals surface area contributed by atoms with Crippen molar-refractivity contribution in [1.29, 1.82) is 0 Å². The van der Waals surface area contributed by atoms with Crippen LogP contribution in [0.3, 0.4) is 0 Å². The Balaban J connectivity index is 2.07. The summed E-state index contributed by atoms with van der Waals surface area (Å²) >= 11 is 0. The summed E-state index contributed by atoms with van der Waals surface area (Å²) in [6.07, 6.45) is 5.12. The maximum Gasteiger partial charge on any atom is 0.0462 e. The SMILES string of the molecule is Cc1ccc(C)n1CC1CCCCC1CO. The number of aliphatic hydroxyl groups is 1. The predicted molar refractivity (Wildman–Crippen MR) is 66.4 cm³/mol. The van der Waals surface area contributed by atoms with Crippen LogP contribution in [0, 0.1) is 25.7 Å². The van der Waals surface area contributed by atoms with Gasteiger partial charge in [0.2, 0.25) is 0 Å². The van der Waals surface area contributed by atoms with Crippen LogP contribution in [0.2, 0.25) is 0 Å². The predicted octanol–water partition coefficient (Wildman–Crippen LogP) is 2.90. The van der Waals surface area contributed by atoms with Crippen molar-refractivity contribution in [2.75, 3.05) is 6.61 Å². The molecule has 0 aromatic carbocycles. The van der Waals surface area contributed by atoms with Crippen molar-refractivity contribution in [3.8, 4) is 0 Å². The summed E-state index contributed by atoms with van der Waals surface area (Å²) in [5, 5.41) is 9.42. The lowest BCUT2D eigenvalue weighted by atomic mass is 9.79. The highest BCUT2D eigenvalue weighted by atomic mass is 16.3. The average Bonchev–Trinajstić information content (AvgIpc) is 2.61. The zero-order chi connectivity index (χ0) is 11.5. The highest BCUT2D eigenvalue weighted by molar-refractivity contribution is 5.13. The monoisotopic (exact) mass is 221 g/mol. The molecule has 2 atom stereocenters. The lowest BCUT2D eigenvalue weighted by Gasteiger charge is -2.31. The van der Waals surface area contributed by atoms with Gasteiger partial charge in [0.1, 0.15) is 0 Å². The van der Waals surface area contributed by atoms with Gasteiger partial charge in [0.25, 0.3) is 0 Å². The van der Waals surface area contributed by atoms with E-state index in [1.165, 1.54) is 37.1 Å². The van der Waals surface area contributed by atoms with Crippen molar-refractivity contribution in [2.24, 2.45) is 11.8 Å². The van der Waals surface area contributed by atoms with E-state index in [1.807, 2.05) is 0 Å². The van der Waals surface area contributed by atoms with Crippen LogP contribution in [0.4, 0.5) is 0 Å². The molecule has 1 aliphatic carbocycles. The lowest BCUT2D eigenvalue weighted by molar-refractivity contribution is 0.122. The summed E-state index contributed by atoms with van der Waals surface area (Å²) in [5.74, 6) is 1.19. The number of aliphatic hydroxyl groups excluding tert-OH is 1. The van der Waals surface area contributed by atoms with Crippen molar-refractivity contribution in [1.82, 2.24) is 4.57 Å². The van der Waals surface area contributed by atoms with Crippen LogP contribution in [0.5, 0.6) is 0 Å². The molecule has 1 aromatic heterocycles. The standard InChI is InChI=1S/C14H23NO/c1-11-7-8-12(2)15(11)9-13-5-3-4-6-14(13)10-16/h7-8,13-14,16H,3-6,9-10H2,1-2H3. The average molecular weight is 221 g/mol. The third-order valence-corrected chi connectivity index (χ3v) is 4.14. The zero-order valence-corrected chi connectivity index (χ0v) is 10.4. The van der Waals surface area contributed by atoms with Crippen LogP contribution in [0.25, 0.3) is 0 Å². The second-order valence-electron chi connectivity index (χ2n) is 5.21. The maximum atomic E-state index is 9.42. The number of hydrogen-bond donors (Lipinski definition) is 1. The smallest absolute Gasteiger partial charge is 0.0462 e. The van der Waals surface area contributed by atoms with Gasteiger partial charge in [-0.1, -0.05) is 12.8 Å². The highest BCUT2D eigenvalue weighted by Crippen LogP contribution is 2.31. The van der Waals surface area contributed by atoms with Gasteiger partial charge in [-0.15, -0.1) is 0 Å². The summed E-state index contributed by atoms with van der Waals surface area (Å²) in [5.41, 5.74) is 2.69. The molecule has 0 saturated heterocycles. The second-order valence-corrected chi connectivity index (χ2v) is 5.21. The fourth-order valence-electron chi connectivity index (χ4n) is 2.99. The van der Waals surface area contributed by atoms with Gasteiger partial charge in [0.05, 0.1) is 0 Å². The first-order chi connectivity index (χ1) is 7.72. The summed E-state index contributed by atoms with van der Waals surface area (Å²) in [4.78, 5) is 0. The minimum Gasteiger partial charge on any atom is -0.396 e. The van der Waals surface area contributed by atoms with E-state index in [4.69, 9.17) is 0 Å². The van der Waals surface area contributed by atoms with Gasteiger partial charge < -0.3 is 9.67 Å². The fraction of sp³-hybridized carbons (Fsp3) is 0.714. The zero-order valence-electron chi connectivity index (χ0n) is 10.4. The van der Waals surface area contributed by atoms with Crippen LogP contribution in [0.1, 0.15) is 37.1 Å². The maximum absolute atomic E-state index is 9.42. The molecule has 1 saturated carbocycles. The molecule has 1 fully saturated rings. The van der Waals surface area contributed by atoms with E-state index in [9.17, 15) is 5.11 Å². The van der Waals surface area contributed by atoms with Crippen LogP contribution in [-0.2, 0) is 6.54 Å². The number of nitrogens with zero attached hydrogens (tertiary/aromatic N) is 1. The van der Waals surface area contributed by atoms with E-state index < -0.39 is 0 Å². The Bertz CT molecular complexity index is 323. The summed E-state index contributed by atoms with van der Waals surface area (Å²) < 4.78 is 2.40. The number of aryl methyl sites for hydroxylation is 2. The third-order valence-electron chi connectivity index (χ3n) is 4.14. The van der Waals surface area contributed by atoms with E-state index in [2.05, 4.69) is 30.5 Å². The molecule has 1 aromatic rings. The first-order valence-electron chi connectivity index (χ1n) is 6.46. The Hall–Kier alpha value is -0.760. The number of aromatic nitrogens is 1. The minimum absolute atomic E-state index is 0.365. The van der Waals surface area contributed by atoms with Crippen molar-refractivity contribution < 1.29 is 5.11 Å². The van der Waals surface area contributed by atoms with Gasteiger partial charge in [-0.05, 0) is 50.7 Å². The van der Waals surface area contributed by atoms with Gasteiger partial charge in [-0.25, -0.2) is 0 Å². The Morgan fingerprint density at radius 2 is 1.69 bits per heavy atom. The molecule has 1 N–H and O–H groups in total. The molecule has 0 amide bonds. The molecule has 2 nitrogen and oxygen atoms in total. The van der Waals surface area contributed by atoms with Gasteiger partial charge in [-0.2, -0.15) is 0 Å². The van der Waals surface area contributed by atoms with Crippen molar-refractivity contribution in [3.05, 3.63) is 23.5 Å². The van der Waals surface area contributed by atoms with Gasteiger partial charge >= 0.3 is 0 Å². The van der Waals surface area contributed by atoms with E-state index in [0.717, 1.165) is 6.54 Å². The fourth-order valence-corrected chi connectivity index (χ4v) is 2.99. The molecule has 2 heteroatoms. The molecule has 90 valence electrons. The number of rotatable bonds is 3. The third kappa shape index (κ3) is 2.32. The molecule has 0 radical (unpaired) electrons. The molecule has 16 heavy (non-hydrogen) atoms. The summed E-state index contributed by atoms with van der Waals surface area (Å²) in [6, 6.07) is 4.37. The summed E-state index contributed by atoms with van der Waals surface area (Å²) in [6.45, 7) is 5.80. The quantitative estimate of drug-likeness (QED) is 0.834. The number of hydrogen-bond acceptors (Lipinski definition) is 1. The van der Waals surface area contributed by atoms with Crippen LogP contribution in [-0.4, -0.2) is 16.3 Å². The first-order valence-corrected chi connectivity index (χ1v) is 6.46. The molecular weight excluding hydrogens is 198 g/mol. The molecule has 2 rings (SSSR count). The van der Waals surface area contributed by atoms with E-state index in [1.54, 1.807) is 0 Å². The van der Waals surface area contributed by atoms with Crippen LogP contribution < -0.4 is 0 Å².